The molecule has 2 heterocycles. The van der Waals surface area contributed by atoms with Crippen LogP contribution in [0.5, 0.6) is 57.5 Å². The third kappa shape index (κ3) is 9.41. The number of hydrogen-bond acceptors (Lipinski definition) is 18. The second-order valence-electron chi connectivity index (χ2n) is 12.9. The molecule has 4 aromatic carbocycles. The van der Waals surface area contributed by atoms with Gasteiger partial charge in [-0.05, 0) is 36.4 Å². The van der Waals surface area contributed by atoms with Gasteiger partial charge in [0.25, 0.3) is 0 Å². The standard InChI is InChI=1S/C41H36O18/c42-22(5-7-54-9-11-56-40-36(52)34-30(50)16-24(44)18-32(34)58-38(40)20-1-3-26(46)28(48)13-20)15-23(43)6-8-55-10-12-57-41-37(53)35-31(51)17-25(45)19-33(35)59-39(41)21-2-4-27(47)29(49)14-21/h1-4,13-14,16-19,44-51H,5-12,15H2. The minimum Gasteiger partial charge on any atom is -0.508 e. The molecule has 6 aromatic rings. The van der Waals surface area contributed by atoms with Gasteiger partial charge in [-0.25, -0.2) is 0 Å². The summed E-state index contributed by atoms with van der Waals surface area (Å²) in [5, 5.41) is 79.3. The number of ether oxygens (including phenoxy) is 4. The predicted molar refractivity (Wildman–Crippen MR) is 206 cm³/mol. The molecule has 0 radical (unpaired) electrons. The lowest BCUT2D eigenvalue weighted by Crippen LogP contribution is -2.17. The summed E-state index contributed by atoms with van der Waals surface area (Å²) >= 11 is 0. The van der Waals surface area contributed by atoms with E-state index in [1.165, 1.54) is 12.1 Å². The molecule has 0 unspecified atom stereocenters. The van der Waals surface area contributed by atoms with E-state index in [-0.39, 0.29) is 126 Å². The Morgan fingerprint density at radius 2 is 0.881 bits per heavy atom. The van der Waals surface area contributed by atoms with Gasteiger partial charge in [0, 0.05) is 48.2 Å². The van der Waals surface area contributed by atoms with E-state index in [9.17, 15) is 60.0 Å². The first-order valence-corrected chi connectivity index (χ1v) is 17.8. The maximum absolute atomic E-state index is 13.3. The lowest BCUT2D eigenvalue weighted by Gasteiger charge is -2.13. The Labute approximate surface area is 331 Å². The van der Waals surface area contributed by atoms with Crippen molar-refractivity contribution in [2.24, 2.45) is 0 Å². The van der Waals surface area contributed by atoms with Crippen LogP contribution in [0.25, 0.3) is 44.6 Å². The fourth-order valence-electron chi connectivity index (χ4n) is 5.89. The summed E-state index contributed by atoms with van der Waals surface area (Å²) < 4.78 is 33.7. The maximum atomic E-state index is 13.3. The van der Waals surface area contributed by atoms with Crippen LogP contribution in [0.3, 0.4) is 0 Å². The van der Waals surface area contributed by atoms with Crippen LogP contribution < -0.4 is 20.3 Å². The number of rotatable bonds is 18. The van der Waals surface area contributed by atoms with Crippen LogP contribution in [0.2, 0.25) is 0 Å². The number of hydrogen-bond donors (Lipinski definition) is 8. The number of aromatic hydroxyl groups is 8. The zero-order valence-corrected chi connectivity index (χ0v) is 30.8. The Kier molecular flexibility index (Phi) is 12.4. The highest BCUT2D eigenvalue weighted by molar-refractivity contribution is 5.99. The number of carbonyl (C=O) groups excluding carboxylic acids is 2. The molecule has 0 amide bonds. The summed E-state index contributed by atoms with van der Waals surface area (Å²) in [5.74, 6) is -5.62. The Morgan fingerprint density at radius 1 is 0.475 bits per heavy atom. The second-order valence-corrected chi connectivity index (χ2v) is 12.9. The van der Waals surface area contributed by atoms with Crippen molar-refractivity contribution in [3.63, 3.8) is 0 Å². The average Bonchev–Trinajstić information content (AvgIpc) is 3.17. The Bertz CT molecular complexity index is 2490. The molecule has 0 aliphatic heterocycles. The van der Waals surface area contributed by atoms with Gasteiger partial charge in [-0.2, -0.15) is 0 Å². The zero-order valence-electron chi connectivity index (χ0n) is 30.8. The number of phenolic OH excluding ortho intramolecular Hbond substituents is 8. The van der Waals surface area contributed by atoms with E-state index in [0.717, 1.165) is 48.5 Å². The summed E-state index contributed by atoms with van der Waals surface area (Å²) in [4.78, 5) is 51.5. The van der Waals surface area contributed by atoms with Crippen LogP contribution >= 0.6 is 0 Å². The van der Waals surface area contributed by atoms with Crippen molar-refractivity contribution in [1.29, 1.82) is 0 Å². The first-order chi connectivity index (χ1) is 28.2. The van der Waals surface area contributed by atoms with Crippen LogP contribution in [-0.4, -0.2) is 92.1 Å². The lowest BCUT2D eigenvalue weighted by molar-refractivity contribution is -0.128. The van der Waals surface area contributed by atoms with Gasteiger partial charge in [0.05, 0.1) is 32.8 Å². The summed E-state index contributed by atoms with van der Waals surface area (Å²) in [7, 11) is 0. The molecule has 59 heavy (non-hydrogen) atoms. The van der Waals surface area contributed by atoms with Crippen LogP contribution in [0, 0.1) is 0 Å². The van der Waals surface area contributed by atoms with Crippen LogP contribution in [0.4, 0.5) is 0 Å². The maximum Gasteiger partial charge on any atom is 0.239 e. The molecule has 308 valence electrons. The van der Waals surface area contributed by atoms with Crippen molar-refractivity contribution in [3.05, 3.63) is 81.1 Å². The van der Waals surface area contributed by atoms with Crippen molar-refractivity contribution >= 4 is 33.5 Å². The summed E-state index contributed by atoms with van der Waals surface area (Å²) in [6.45, 7) is -0.826. The molecule has 18 nitrogen and oxygen atoms in total. The molecule has 0 saturated carbocycles. The van der Waals surface area contributed by atoms with E-state index in [1.807, 2.05) is 0 Å². The Hall–Kier alpha value is -7.44. The van der Waals surface area contributed by atoms with Crippen LogP contribution in [-0.2, 0) is 19.1 Å². The quantitative estimate of drug-likeness (QED) is 0.0332. The normalized spacial score (nSPS) is 11.3. The highest BCUT2D eigenvalue weighted by atomic mass is 16.5. The average molecular weight is 817 g/mol. The van der Waals surface area contributed by atoms with Gasteiger partial charge >= 0.3 is 0 Å². The molecule has 0 fully saturated rings. The lowest BCUT2D eigenvalue weighted by atomic mass is 10.1. The first kappa shape index (κ1) is 41.2. The van der Waals surface area contributed by atoms with Crippen molar-refractivity contribution in [2.75, 3.05) is 39.6 Å². The zero-order chi connectivity index (χ0) is 42.4. The predicted octanol–water partition coefficient (Wildman–Crippen LogP) is 4.68. The number of phenols is 8. The third-order valence-electron chi connectivity index (χ3n) is 8.70. The summed E-state index contributed by atoms with van der Waals surface area (Å²) in [6, 6.07) is 11.4. The Balaban J connectivity index is 0.952. The van der Waals surface area contributed by atoms with Gasteiger partial charge in [0.2, 0.25) is 22.4 Å². The Morgan fingerprint density at radius 3 is 1.27 bits per heavy atom. The van der Waals surface area contributed by atoms with Gasteiger partial charge in [-0.15, -0.1) is 0 Å². The monoisotopic (exact) mass is 816 g/mol. The van der Waals surface area contributed by atoms with E-state index in [0.29, 0.717) is 0 Å². The number of fused-ring (bicyclic) bond motifs is 2. The van der Waals surface area contributed by atoms with Crippen molar-refractivity contribution in [2.45, 2.75) is 19.3 Å². The van der Waals surface area contributed by atoms with Gasteiger partial charge in [-0.3, -0.25) is 19.2 Å². The number of carbonyl (C=O) groups is 2. The second kappa shape index (κ2) is 17.8. The molecular formula is C41H36O18. The highest BCUT2D eigenvalue weighted by Crippen LogP contribution is 2.40. The molecule has 0 atom stereocenters. The van der Waals surface area contributed by atoms with Gasteiger partial charge in [-0.1, -0.05) is 0 Å². The van der Waals surface area contributed by atoms with Crippen molar-refractivity contribution < 1.29 is 78.2 Å². The first-order valence-electron chi connectivity index (χ1n) is 17.8. The molecule has 0 aliphatic rings. The minimum atomic E-state index is -0.792. The van der Waals surface area contributed by atoms with E-state index in [2.05, 4.69) is 0 Å². The largest absolute Gasteiger partial charge is 0.508 e. The fourth-order valence-corrected chi connectivity index (χ4v) is 5.89. The highest BCUT2D eigenvalue weighted by Gasteiger charge is 2.23. The fraction of sp³-hybridized carbons (Fsp3) is 0.220. The van der Waals surface area contributed by atoms with Crippen molar-refractivity contribution in [1.82, 2.24) is 0 Å². The smallest absolute Gasteiger partial charge is 0.239 e. The topological polar surface area (TPSA) is 293 Å². The van der Waals surface area contributed by atoms with Gasteiger partial charge < -0.3 is 68.6 Å². The van der Waals surface area contributed by atoms with E-state index in [4.69, 9.17) is 27.8 Å². The van der Waals surface area contributed by atoms with E-state index in [1.54, 1.807) is 0 Å². The number of ketones is 2. The summed E-state index contributed by atoms with van der Waals surface area (Å²) in [6.07, 6.45) is -0.614. The number of benzene rings is 4. The summed E-state index contributed by atoms with van der Waals surface area (Å²) in [5.41, 5.74) is -1.66. The number of Topliss-reactive ketones (excluding diaryl/α,β-unsaturated/α-hetero) is 2. The molecule has 0 bridgehead atoms. The minimum absolute atomic E-state index is 0.0815. The van der Waals surface area contributed by atoms with Gasteiger partial charge in [0.15, 0.2) is 34.5 Å². The molecule has 0 spiro atoms. The van der Waals surface area contributed by atoms with Crippen LogP contribution in [0.15, 0.2) is 79.1 Å². The molecule has 2 aromatic heterocycles. The van der Waals surface area contributed by atoms with Gasteiger partial charge in [0.1, 0.15) is 69.7 Å². The molecule has 6 rings (SSSR count). The third-order valence-corrected chi connectivity index (χ3v) is 8.70. The molecule has 8 N–H and O–H groups in total. The molecule has 0 saturated heterocycles. The SMILES string of the molecule is O=C(CCOCCOc1c(-c2ccc(O)c(O)c2)oc2cc(O)cc(O)c2c1=O)CC(=O)CCOCCOc1c(-c2ccc(O)c(O)c2)oc2cc(O)cc(O)c2c1=O. The molecule has 18 heteroatoms. The molecular weight excluding hydrogens is 780 g/mol. The van der Waals surface area contributed by atoms with E-state index >= 15 is 0 Å². The van der Waals surface area contributed by atoms with Crippen molar-refractivity contribution in [3.8, 4) is 80.1 Å². The molecule has 0 aliphatic carbocycles. The van der Waals surface area contributed by atoms with Crippen LogP contribution in [0.1, 0.15) is 19.3 Å². The van der Waals surface area contributed by atoms with E-state index < -0.39 is 56.9 Å².